The largest absolute Gasteiger partial charge is 0.378 e. The number of benzene rings is 2. The van der Waals surface area contributed by atoms with E-state index in [4.69, 9.17) is 0 Å². The van der Waals surface area contributed by atoms with Crippen molar-refractivity contribution in [2.75, 3.05) is 23.9 Å². The maximum atomic E-state index is 12.8. The van der Waals surface area contributed by atoms with E-state index in [0.717, 1.165) is 14.8 Å². The van der Waals surface area contributed by atoms with Gasteiger partial charge in [-0.2, -0.15) is 0 Å². The van der Waals surface area contributed by atoms with E-state index < -0.39 is 0 Å². The Hall–Kier alpha value is -2.15. The Balaban J connectivity index is 2.06. The maximum Gasteiger partial charge on any atom is 0.228 e. The number of fused-ring (bicyclic) bond motifs is 1. The zero-order valence-corrected chi connectivity index (χ0v) is 15.9. The quantitative estimate of drug-likeness (QED) is 0.533. The van der Waals surface area contributed by atoms with Crippen molar-refractivity contribution in [1.29, 1.82) is 0 Å². The van der Waals surface area contributed by atoms with Crippen LogP contribution in [0.15, 0.2) is 48.2 Å². The molecule has 0 spiro atoms. The highest BCUT2D eigenvalue weighted by molar-refractivity contribution is 14.1. The number of Topliss-reactive ketones (excluding diaryl/α,β-unsaturated/α-hetero) is 1. The molecule has 0 fully saturated rings. The van der Waals surface area contributed by atoms with E-state index in [9.17, 15) is 9.59 Å². The second-order valence-corrected chi connectivity index (χ2v) is 7.11. The van der Waals surface area contributed by atoms with Crippen LogP contribution in [0, 0.1) is 3.57 Å². The molecular formula is C19H17IN2O2. The fraction of sp³-hybridized carbons (Fsp3) is 0.158. The van der Waals surface area contributed by atoms with E-state index in [1.165, 1.54) is 11.8 Å². The highest BCUT2D eigenvalue weighted by atomic mass is 127. The summed E-state index contributed by atoms with van der Waals surface area (Å²) in [5.74, 6) is -0.283. The molecular weight excluding hydrogens is 415 g/mol. The van der Waals surface area contributed by atoms with Gasteiger partial charge in [0.15, 0.2) is 0 Å². The molecule has 122 valence electrons. The normalized spacial score (nSPS) is 14.9. The Bertz CT molecular complexity index is 854. The van der Waals surface area contributed by atoms with E-state index >= 15 is 0 Å². The number of hydrogen-bond acceptors (Lipinski definition) is 3. The van der Waals surface area contributed by atoms with Gasteiger partial charge in [0.1, 0.15) is 0 Å². The van der Waals surface area contributed by atoms with Gasteiger partial charge in [0.2, 0.25) is 11.7 Å². The fourth-order valence-corrected chi connectivity index (χ4v) is 3.24. The third-order valence-electron chi connectivity index (χ3n) is 3.95. The smallest absolute Gasteiger partial charge is 0.228 e. The van der Waals surface area contributed by atoms with Crippen molar-refractivity contribution in [3.05, 3.63) is 62.9 Å². The van der Waals surface area contributed by atoms with E-state index in [1.807, 2.05) is 61.5 Å². The number of amides is 1. The molecule has 4 nitrogen and oxygen atoms in total. The molecule has 1 amide bonds. The second-order valence-electron chi connectivity index (χ2n) is 5.86. The predicted octanol–water partition coefficient (Wildman–Crippen LogP) is 3.95. The summed E-state index contributed by atoms with van der Waals surface area (Å²) in [5.41, 5.74) is 3.60. The number of ketones is 1. The van der Waals surface area contributed by atoms with Crippen LogP contribution in [0.25, 0.3) is 6.08 Å². The van der Waals surface area contributed by atoms with Crippen LogP contribution in [0.1, 0.15) is 22.8 Å². The van der Waals surface area contributed by atoms with Crippen LogP contribution in [0.3, 0.4) is 0 Å². The number of anilines is 2. The van der Waals surface area contributed by atoms with Gasteiger partial charge in [-0.1, -0.05) is 12.1 Å². The SMILES string of the molecule is CC(=O)N1/C(=C\c2ccc(N(C)C)cc2)C(=O)c2cc(I)ccc21. The average Bonchev–Trinajstić information content (AvgIpc) is 2.80. The number of nitrogens with zero attached hydrogens (tertiary/aromatic N) is 2. The summed E-state index contributed by atoms with van der Waals surface area (Å²) in [4.78, 5) is 28.4. The van der Waals surface area contributed by atoms with Crippen molar-refractivity contribution < 1.29 is 9.59 Å². The van der Waals surface area contributed by atoms with Gasteiger partial charge in [-0.05, 0) is 64.6 Å². The number of rotatable bonds is 2. The lowest BCUT2D eigenvalue weighted by molar-refractivity contribution is -0.116. The summed E-state index contributed by atoms with van der Waals surface area (Å²) in [7, 11) is 3.95. The summed E-state index contributed by atoms with van der Waals surface area (Å²) in [6.45, 7) is 1.48. The van der Waals surface area contributed by atoms with Crippen LogP contribution in [-0.4, -0.2) is 25.8 Å². The fourth-order valence-electron chi connectivity index (χ4n) is 2.75. The number of carbonyl (C=O) groups is 2. The summed E-state index contributed by atoms with van der Waals surface area (Å²) in [5, 5.41) is 0. The van der Waals surface area contributed by atoms with Gasteiger partial charge in [0.25, 0.3) is 0 Å². The van der Waals surface area contributed by atoms with E-state index in [-0.39, 0.29) is 11.7 Å². The Kier molecular flexibility index (Phi) is 4.45. The first kappa shape index (κ1) is 16.7. The minimum Gasteiger partial charge on any atom is -0.378 e. The molecule has 0 aliphatic carbocycles. The molecule has 0 saturated carbocycles. The van der Waals surface area contributed by atoms with Gasteiger partial charge in [0, 0.05) is 35.8 Å². The zero-order valence-electron chi connectivity index (χ0n) is 13.7. The lowest BCUT2D eigenvalue weighted by atomic mass is 10.1. The molecule has 0 atom stereocenters. The van der Waals surface area contributed by atoms with Crippen LogP contribution in [0.5, 0.6) is 0 Å². The molecule has 0 N–H and O–H groups in total. The number of carbonyl (C=O) groups excluding carboxylic acids is 2. The lowest BCUT2D eigenvalue weighted by Crippen LogP contribution is -2.25. The molecule has 0 radical (unpaired) electrons. The molecule has 1 heterocycles. The molecule has 24 heavy (non-hydrogen) atoms. The van der Waals surface area contributed by atoms with Crippen LogP contribution >= 0.6 is 22.6 Å². The summed E-state index contributed by atoms with van der Waals surface area (Å²) in [6, 6.07) is 13.4. The van der Waals surface area contributed by atoms with Crippen molar-refractivity contribution in [2.24, 2.45) is 0 Å². The van der Waals surface area contributed by atoms with Gasteiger partial charge in [-0.15, -0.1) is 0 Å². The highest BCUT2D eigenvalue weighted by Gasteiger charge is 2.34. The predicted molar refractivity (Wildman–Crippen MR) is 105 cm³/mol. The molecule has 5 heteroatoms. The topological polar surface area (TPSA) is 40.6 Å². The summed E-state index contributed by atoms with van der Waals surface area (Å²) >= 11 is 2.17. The second kappa shape index (κ2) is 6.39. The Morgan fingerprint density at radius 1 is 1.12 bits per heavy atom. The summed E-state index contributed by atoms with van der Waals surface area (Å²) in [6.07, 6.45) is 1.77. The third-order valence-corrected chi connectivity index (χ3v) is 4.62. The Morgan fingerprint density at radius 3 is 2.38 bits per heavy atom. The van der Waals surface area contributed by atoms with Gasteiger partial charge in [-0.3, -0.25) is 14.5 Å². The molecule has 0 bridgehead atoms. The lowest BCUT2D eigenvalue weighted by Gasteiger charge is -2.16. The van der Waals surface area contributed by atoms with Crippen LogP contribution in [-0.2, 0) is 4.79 Å². The zero-order chi connectivity index (χ0) is 17.4. The molecule has 0 saturated heterocycles. The maximum absolute atomic E-state index is 12.8. The molecule has 0 aromatic heterocycles. The number of hydrogen-bond donors (Lipinski definition) is 0. The molecule has 1 aliphatic rings. The van der Waals surface area contributed by atoms with Crippen molar-refractivity contribution in [1.82, 2.24) is 0 Å². The Morgan fingerprint density at radius 2 is 1.79 bits per heavy atom. The standard InChI is InChI=1S/C19H17IN2O2/c1-12(23)22-17-9-6-14(20)11-16(17)19(24)18(22)10-13-4-7-15(8-5-13)21(2)3/h4-11H,1-3H3/b18-10-. The van der Waals surface area contributed by atoms with Crippen LogP contribution < -0.4 is 9.80 Å². The molecule has 3 rings (SSSR count). The van der Waals surface area contributed by atoms with Crippen LogP contribution in [0.4, 0.5) is 11.4 Å². The van der Waals surface area contributed by atoms with Crippen molar-refractivity contribution in [2.45, 2.75) is 6.92 Å². The van der Waals surface area contributed by atoms with Crippen molar-refractivity contribution in [3.8, 4) is 0 Å². The number of allylic oxidation sites excluding steroid dienone is 1. The van der Waals surface area contributed by atoms with E-state index in [0.29, 0.717) is 16.9 Å². The summed E-state index contributed by atoms with van der Waals surface area (Å²) < 4.78 is 0.972. The molecule has 2 aromatic rings. The number of halogens is 1. The van der Waals surface area contributed by atoms with Gasteiger partial charge in [0.05, 0.1) is 11.4 Å². The van der Waals surface area contributed by atoms with E-state index in [2.05, 4.69) is 22.6 Å². The monoisotopic (exact) mass is 432 g/mol. The third kappa shape index (κ3) is 2.96. The Labute approximate surface area is 154 Å². The van der Waals surface area contributed by atoms with Crippen molar-refractivity contribution in [3.63, 3.8) is 0 Å². The first-order chi connectivity index (χ1) is 11.4. The van der Waals surface area contributed by atoms with Crippen molar-refractivity contribution >= 4 is 51.7 Å². The molecule has 2 aromatic carbocycles. The van der Waals surface area contributed by atoms with Gasteiger partial charge < -0.3 is 4.90 Å². The minimum atomic E-state index is -0.167. The minimum absolute atomic E-state index is 0.115. The van der Waals surface area contributed by atoms with E-state index in [1.54, 1.807) is 6.08 Å². The highest BCUT2D eigenvalue weighted by Crippen LogP contribution is 2.36. The van der Waals surface area contributed by atoms with Gasteiger partial charge in [-0.25, -0.2) is 0 Å². The first-order valence-corrected chi connectivity index (χ1v) is 8.60. The first-order valence-electron chi connectivity index (χ1n) is 7.52. The van der Waals surface area contributed by atoms with Crippen LogP contribution in [0.2, 0.25) is 0 Å². The average molecular weight is 432 g/mol. The molecule has 0 unspecified atom stereocenters. The van der Waals surface area contributed by atoms with Gasteiger partial charge >= 0.3 is 0 Å². The molecule has 1 aliphatic heterocycles.